The van der Waals surface area contributed by atoms with Crippen LogP contribution < -0.4 is 0 Å². The predicted octanol–water partition coefficient (Wildman–Crippen LogP) is 2.80. The molecule has 21 heavy (non-hydrogen) atoms. The van der Waals surface area contributed by atoms with Gasteiger partial charge in [0, 0.05) is 0 Å². The Hall–Kier alpha value is -1.06. The van der Waals surface area contributed by atoms with Crippen molar-refractivity contribution in [3.63, 3.8) is 0 Å². The van der Waals surface area contributed by atoms with Crippen molar-refractivity contribution in [3.05, 3.63) is 0 Å². The first kappa shape index (κ1) is 14.9. The molecule has 0 heterocycles. The summed E-state index contributed by atoms with van der Waals surface area (Å²) in [6.45, 7) is 2.81. The molecule has 3 aliphatic carbocycles. The van der Waals surface area contributed by atoms with Gasteiger partial charge in [-0.25, -0.2) is 0 Å². The highest BCUT2D eigenvalue weighted by atomic mass is 16.5. The predicted molar refractivity (Wildman–Crippen MR) is 77.3 cm³/mol. The Morgan fingerprint density at radius 2 is 1.76 bits per heavy atom. The molecule has 0 radical (unpaired) electrons. The molecule has 0 spiro atoms. The fourth-order valence-electron chi connectivity index (χ4n) is 5.38. The topological polar surface area (TPSA) is 52.6 Å². The van der Waals surface area contributed by atoms with Gasteiger partial charge in [-0.1, -0.05) is 13.3 Å². The van der Waals surface area contributed by atoms with E-state index in [-0.39, 0.29) is 6.42 Å². The average molecular weight is 294 g/mol. The lowest BCUT2D eigenvalue weighted by molar-refractivity contribution is -0.153. The number of ether oxygens (including phenoxy) is 2. The first-order valence-electron chi connectivity index (χ1n) is 8.34. The zero-order valence-corrected chi connectivity index (χ0v) is 13.0. The number of hydrogen-bond acceptors (Lipinski definition) is 4. The summed E-state index contributed by atoms with van der Waals surface area (Å²) in [5.41, 5.74) is 0. The van der Waals surface area contributed by atoms with E-state index >= 15 is 0 Å². The van der Waals surface area contributed by atoms with Crippen molar-refractivity contribution < 1.29 is 19.1 Å². The Labute approximate surface area is 126 Å². The second kappa shape index (κ2) is 5.98. The highest BCUT2D eigenvalue weighted by Gasteiger charge is 2.55. The monoisotopic (exact) mass is 294 g/mol. The van der Waals surface area contributed by atoms with E-state index in [1.54, 1.807) is 0 Å². The molecule has 0 aromatic rings. The summed E-state index contributed by atoms with van der Waals surface area (Å²) < 4.78 is 9.74. The van der Waals surface area contributed by atoms with Gasteiger partial charge in [-0.05, 0) is 61.2 Å². The van der Waals surface area contributed by atoms with Gasteiger partial charge in [0.2, 0.25) is 0 Å². The van der Waals surface area contributed by atoms with E-state index in [1.807, 2.05) is 0 Å². The molecule has 4 heteroatoms. The molecule has 6 unspecified atom stereocenters. The molecule has 0 saturated heterocycles. The molecule has 6 atom stereocenters. The third-order valence-corrected chi connectivity index (χ3v) is 6.22. The molecule has 3 rings (SSSR count). The van der Waals surface area contributed by atoms with Crippen LogP contribution in [0.3, 0.4) is 0 Å². The molecule has 3 saturated carbocycles. The summed E-state index contributed by atoms with van der Waals surface area (Å²) in [5.74, 6) is 4.08. The van der Waals surface area contributed by atoms with Crippen molar-refractivity contribution in [2.24, 2.45) is 35.5 Å². The molecule has 0 N–H and O–H groups in total. The number of esters is 2. The van der Waals surface area contributed by atoms with Gasteiger partial charge in [-0.15, -0.1) is 0 Å². The molecule has 0 aromatic heterocycles. The van der Waals surface area contributed by atoms with E-state index in [0.29, 0.717) is 12.5 Å². The van der Waals surface area contributed by atoms with Gasteiger partial charge in [0.15, 0.2) is 0 Å². The summed E-state index contributed by atoms with van der Waals surface area (Å²) in [6, 6.07) is 0. The van der Waals surface area contributed by atoms with Gasteiger partial charge < -0.3 is 9.47 Å². The molecule has 3 fully saturated rings. The number of carbonyl (C=O) groups is 2. The summed E-state index contributed by atoms with van der Waals surface area (Å²) in [7, 11) is 1.29. The Morgan fingerprint density at radius 1 is 1.00 bits per heavy atom. The maximum atomic E-state index is 11.5. The van der Waals surface area contributed by atoms with E-state index in [1.165, 1.54) is 39.2 Å². The van der Waals surface area contributed by atoms with Gasteiger partial charge in [0.25, 0.3) is 0 Å². The van der Waals surface area contributed by atoms with Crippen LogP contribution >= 0.6 is 0 Å². The van der Waals surface area contributed by atoms with Crippen molar-refractivity contribution in [1.29, 1.82) is 0 Å². The smallest absolute Gasteiger partial charge is 0.317 e. The lowest BCUT2D eigenvalue weighted by Gasteiger charge is -2.30. The van der Waals surface area contributed by atoms with Crippen LogP contribution in [0, 0.1) is 35.5 Å². The number of rotatable bonds is 5. The first-order chi connectivity index (χ1) is 10.1. The number of fused-ring (bicyclic) bond motifs is 5. The SMILES string of the molecule is CCC1CC2CC1C1CC(COC(=O)CC(=O)OC)CC21. The van der Waals surface area contributed by atoms with Crippen LogP contribution in [-0.2, 0) is 19.1 Å². The molecule has 0 aliphatic heterocycles. The minimum atomic E-state index is -0.521. The van der Waals surface area contributed by atoms with Gasteiger partial charge >= 0.3 is 11.9 Å². The minimum Gasteiger partial charge on any atom is -0.469 e. The Bertz CT molecular complexity index is 417. The third kappa shape index (κ3) is 2.82. The van der Waals surface area contributed by atoms with Crippen LogP contribution in [0.15, 0.2) is 0 Å². The fraction of sp³-hybridized carbons (Fsp3) is 0.882. The Balaban J connectivity index is 1.46. The van der Waals surface area contributed by atoms with Gasteiger partial charge in [0.05, 0.1) is 13.7 Å². The van der Waals surface area contributed by atoms with E-state index < -0.39 is 11.9 Å². The molecule has 2 bridgehead atoms. The standard InChI is InChI=1S/C17H26O4/c1-3-11-6-12-7-14(11)15-5-10(4-13(12)15)9-21-17(19)8-16(18)20-2/h10-15H,3-9H2,1-2H3. The molecular formula is C17H26O4. The van der Waals surface area contributed by atoms with E-state index in [9.17, 15) is 9.59 Å². The van der Waals surface area contributed by atoms with Crippen molar-refractivity contribution in [2.45, 2.75) is 45.4 Å². The van der Waals surface area contributed by atoms with Crippen molar-refractivity contribution in [2.75, 3.05) is 13.7 Å². The summed E-state index contributed by atoms with van der Waals surface area (Å²) >= 11 is 0. The van der Waals surface area contributed by atoms with Crippen LogP contribution in [0.1, 0.15) is 45.4 Å². The minimum absolute atomic E-state index is 0.265. The molecule has 0 amide bonds. The summed E-state index contributed by atoms with van der Waals surface area (Å²) in [5, 5.41) is 0. The summed E-state index contributed by atoms with van der Waals surface area (Å²) in [6.07, 6.45) is 6.36. The number of carbonyl (C=O) groups excluding carboxylic acids is 2. The van der Waals surface area contributed by atoms with Crippen LogP contribution in [0.5, 0.6) is 0 Å². The van der Waals surface area contributed by atoms with E-state index in [2.05, 4.69) is 11.7 Å². The second-order valence-electron chi connectivity index (χ2n) is 7.16. The Kier molecular flexibility index (Phi) is 4.23. The molecule has 118 valence electrons. The van der Waals surface area contributed by atoms with Crippen LogP contribution in [0.2, 0.25) is 0 Å². The maximum Gasteiger partial charge on any atom is 0.317 e. The zero-order valence-electron chi connectivity index (χ0n) is 13.0. The third-order valence-electron chi connectivity index (χ3n) is 6.22. The highest BCUT2D eigenvalue weighted by Crippen LogP contribution is 2.62. The maximum absolute atomic E-state index is 11.5. The van der Waals surface area contributed by atoms with Gasteiger partial charge in [-0.2, -0.15) is 0 Å². The lowest BCUT2D eigenvalue weighted by atomic mass is 9.75. The van der Waals surface area contributed by atoms with Gasteiger partial charge in [-0.3, -0.25) is 9.59 Å². The van der Waals surface area contributed by atoms with Gasteiger partial charge in [0.1, 0.15) is 6.42 Å². The van der Waals surface area contributed by atoms with Crippen LogP contribution in [-0.4, -0.2) is 25.7 Å². The number of methoxy groups -OCH3 is 1. The van der Waals surface area contributed by atoms with Crippen molar-refractivity contribution >= 4 is 11.9 Å². The molecule has 0 aromatic carbocycles. The first-order valence-corrected chi connectivity index (χ1v) is 8.34. The molecular weight excluding hydrogens is 268 g/mol. The van der Waals surface area contributed by atoms with Crippen molar-refractivity contribution in [3.8, 4) is 0 Å². The fourth-order valence-corrected chi connectivity index (χ4v) is 5.38. The van der Waals surface area contributed by atoms with E-state index in [4.69, 9.17) is 4.74 Å². The largest absolute Gasteiger partial charge is 0.469 e. The number of hydrogen-bond donors (Lipinski definition) is 0. The zero-order chi connectivity index (χ0) is 15.0. The highest BCUT2D eigenvalue weighted by molar-refractivity contribution is 5.91. The normalized spacial score (nSPS) is 40.1. The van der Waals surface area contributed by atoms with E-state index in [0.717, 1.165) is 29.6 Å². The van der Waals surface area contributed by atoms with Crippen LogP contribution in [0.25, 0.3) is 0 Å². The van der Waals surface area contributed by atoms with Crippen LogP contribution in [0.4, 0.5) is 0 Å². The average Bonchev–Trinajstić information content (AvgIpc) is 3.15. The Morgan fingerprint density at radius 3 is 2.48 bits per heavy atom. The lowest BCUT2D eigenvalue weighted by Crippen LogP contribution is -2.23. The molecule has 3 aliphatic rings. The quantitative estimate of drug-likeness (QED) is 0.578. The molecule has 4 nitrogen and oxygen atoms in total. The second-order valence-corrected chi connectivity index (χ2v) is 7.16. The summed E-state index contributed by atoms with van der Waals surface area (Å²) in [4.78, 5) is 22.6. The van der Waals surface area contributed by atoms with Crippen molar-refractivity contribution in [1.82, 2.24) is 0 Å².